The van der Waals surface area contributed by atoms with Gasteiger partial charge < -0.3 is 44.8 Å². The van der Waals surface area contributed by atoms with Crippen molar-refractivity contribution in [1.29, 1.82) is 0 Å². The fourth-order valence-electron chi connectivity index (χ4n) is 10.7. The van der Waals surface area contributed by atoms with Crippen LogP contribution in [-0.2, 0) is 76.5 Å². The Bertz CT molecular complexity index is 3160. The number of nitrogens with one attached hydrogen (secondary N) is 2. The van der Waals surface area contributed by atoms with Crippen molar-refractivity contribution in [2.24, 2.45) is 17.6 Å². The fraction of sp³-hybridized carbons (Fsp3) is 0.480. The van der Waals surface area contributed by atoms with Gasteiger partial charge in [-0.25, -0.2) is 0 Å². The fourth-order valence-corrected chi connectivity index (χ4v) is 15.1. The van der Waals surface area contributed by atoms with E-state index in [1.165, 1.54) is 10.4 Å². The lowest BCUT2D eigenvalue weighted by Crippen LogP contribution is -2.63. The molecule has 0 bridgehead atoms. The van der Waals surface area contributed by atoms with Crippen molar-refractivity contribution in [3.05, 3.63) is 162 Å². The number of ether oxygens (including phenoxy) is 6. The molecule has 0 radical (unpaired) electrons. The lowest BCUT2D eigenvalue weighted by atomic mass is 9.88. The van der Waals surface area contributed by atoms with Gasteiger partial charge in [0.05, 0.1) is 63.3 Å². The second-order valence-electron chi connectivity index (χ2n) is 27.4. The van der Waals surface area contributed by atoms with Crippen LogP contribution in [0.25, 0.3) is 0 Å². The third-order valence-electron chi connectivity index (χ3n) is 14.9. The summed E-state index contributed by atoms with van der Waals surface area (Å²) >= 11 is 0. The van der Waals surface area contributed by atoms with Crippen LogP contribution in [0.2, 0.25) is 5.04 Å². The summed E-state index contributed by atoms with van der Waals surface area (Å²) in [5.74, 6) is -2.94. The maximum Gasteiger partial charge on any atom is 0.308 e. The van der Waals surface area contributed by atoms with Crippen LogP contribution in [0.3, 0.4) is 0 Å². The van der Waals surface area contributed by atoms with Crippen molar-refractivity contribution in [3.63, 3.8) is 0 Å². The first-order chi connectivity index (χ1) is 43.4. The zero-order valence-corrected chi connectivity index (χ0v) is 57.2. The number of benzene rings is 5. The number of hydrogen-bond donors (Lipinski definition) is 3. The summed E-state index contributed by atoms with van der Waals surface area (Å²) < 4.78 is 34.7. The third-order valence-corrected chi connectivity index (χ3v) is 20.1. The van der Waals surface area contributed by atoms with E-state index in [-0.39, 0.29) is 75.8 Å². The van der Waals surface area contributed by atoms with Gasteiger partial charge in [0.25, 0.3) is 0 Å². The summed E-state index contributed by atoms with van der Waals surface area (Å²) in [6, 6.07) is 42.9. The van der Waals surface area contributed by atoms with Crippen molar-refractivity contribution in [2.45, 2.75) is 181 Å². The van der Waals surface area contributed by atoms with Gasteiger partial charge in [-0.15, -0.1) is 5.54 Å². The Balaban J connectivity index is 1.26. The number of hydrogen-bond acceptors (Lipinski definition) is 14. The average Bonchev–Trinajstić information content (AvgIpc) is 0.752. The summed E-state index contributed by atoms with van der Waals surface area (Å²) in [5, 5.41) is 8.01. The highest BCUT2D eigenvalue weighted by molar-refractivity contribution is 7.10. The molecule has 92 heavy (non-hydrogen) atoms. The Morgan fingerprint density at radius 2 is 0.902 bits per heavy atom. The molecule has 0 heterocycles. The smallest absolute Gasteiger partial charge is 0.308 e. The molecule has 496 valence electrons. The Hall–Kier alpha value is -7.59. The molecule has 0 aliphatic rings. The second kappa shape index (κ2) is 36.0. The van der Waals surface area contributed by atoms with Gasteiger partial charge in [0, 0.05) is 31.8 Å². The average molecular weight is 1280 g/mol. The predicted octanol–water partition coefficient (Wildman–Crippen LogP) is 9.81. The Labute approximate surface area is 547 Å². The highest BCUT2D eigenvalue weighted by atomic mass is 28.3. The minimum absolute atomic E-state index is 0.0113. The monoisotopic (exact) mass is 1280 g/mol. The minimum Gasteiger partial charge on any atom is -0.488 e. The molecule has 0 saturated heterocycles. The van der Waals surface area contributed by atoms with Crippen LogP contribution in [0.1, 0.15) is 138 Å². The van der Waals surface area contributed by atoms with Crippen LogP contribution in [-0.4, -0.2) is 124 Å². The molecule has 16 nitrogen and oxygen atoms in total. The van der Waals surface area contributed by atoms with Gasteiger partial charge in [0.1, 0.15) is 29.2 Å². The first kappa shape index (κ1) is 75.1. The molecule has 5 aromatic carbocycles. The zero-order chi connectivity index (χ0) is 67.5. The Morgan fingerprint density at radius 1 is 0.457 bits per heavy atom. The normalized spacial score (nSPS) is 13.6. The standard InChI is InChI=1S/C75H99N3O13Si/c1-72(2,3)89-59-38-36-56(37-39-59)47-57(50-66(80)62(76)48-54-27-17-13-18-28-54)70(84)77-63(49-55-29-19-14-20-30-55)67(81)51-58(52-68(82)90-73(4,5)6)71(85)78-64(53-69(83)91-74(7,8)9)65(79)35-25-40-86-42-44-88-45-43-87-41-26-46-92(75(10,11)12,60-31-21-15-22-32-60)61-33-23-16-24-34-61/h13-24,27-34,36-39,57-58,62-64H,25,35,40-45,47-53,76H2,1-12H3,(H,77,84)(H,78,85)/t57-,58+,62+,63+,64+/m1/s1. The van der Waals surface area contributed by atoms with E-state index >= 15 is 0 Å². The molecule has 5 aromatic rings. The summed E-state index contributed by atoms with van der Waals surface area (Å²) in [6.45, 7) is 24.1. The van der Waals surface area contributed by atoms with Crippen molar-refractivity contribution in [1.82, 2.24) is 10.6 Å². The highest BCUT2D eigenvalue weighted by Crippen LogP contribution is 2.35. The molecular formula is C75H99N3O13Si. The van der Waals surface area contributed by atoms with E-state index in [1.54, 1.807) is 77.9 Å². The van der Waals surface area contributed by atoms with Gasteiger partial charge in [0.15, 0.2) is 17.3 Å². The van der Waals surface area contributed by atoms with E-state index in [4.69, 9.17) is 34.2 Å². The molecule has 4 N–H and O–H groups in total. The van der Waals surface area contributed by atoms with E-state index in [2.05, 4.69) is 91.4 Å². The number of carbonyl (C=O) groups excluding carboxylic acids is 7. The topological polar surface area (TPSA) is 225 Å². The van der Waals surface area contributed by atoms with Crippen molar-refractivity contribution in [3.8, 4) is 17.2 Å². The summed E-state index contributed by atoms with van der Waals surface area (Å²) in [4.78, 5) is 99.5. The molecule has 0 aliphatic heterocycles. The molecule has 5 rings (SSSR count). The number of Topliss-reactive ketones (excluding diaryl/α,β-unsaturated/α-hetero) is 3. The molecule has 0 fully saturated rings. The second-order valence-corrected chi connectivity index (χ2v) is 31.8. The molecule has 5 atom stereocenters. The van der Waals surface area contributed by atoms with Crippen LogP contribution in [0.5, 0.6) is 5.75 Å². The number of rotatable bonds is 35. The SMILES string of the molecule is CC(C)(C)OC(=O)C[C@H](CC(=O)[C@H](Cc1ccccc1)NC(=O)[C@@H](CC(=O)[C@@H](N)Cc1ccccc1)Cc1ccc(OC(C)(C)C)cc1)C(=O)N[C@@H](CC(=O)OC(C)(C)C)C(=O)CCCOCCOCCOCC#C[Si](c1ccccc1)(c1ccccc1)C(C)(C)C. The van der Waals surface area contributed by atoms with Gasteiger partial charge in [-0.1, -0.05) is 160 Å². The number of esters is 2. The van der Waals surface area contributed by atoms with E-state index in [0.717, 1.165) is 11.1 Å². The van der Waals surface area contributed by atoms with Crippen LogP contribution in [0.4, 0.5) is 0 Å². The van der Waals surface area contributed by atoms with E-state index in [9.17, 15) is 33.6 Å². The molecule has 0 aliphatic carbocycles. The van der Waals surface area contributed by atoms with Gasteiger partial charge in [0.2, 0.25) is 19.9 Å². The van der Waals surface area contributed by atoms with Gasteiger partial charge in [-0.3, -0.25) is 33.6 Å². The van der Waals surface area contributed by atoms with Crippen LogP contribution in [0.15, 0.2) is 146 Å². The number of amides is 2. The Kier molecular flexibility index (Phi) is 29.4. The molecule has 2 amide bonds. The van der Waals surface area contributed by atoms with Crippen molar-refractivity contribution >= 4 is 59.6 Å². The lowest BCUT2D eigenvalue weighted by Gasteiger charge is -2.39. The zero-order valence-electron chi connectivity index (χ0n) is 56.2. The van der Waals surface area contributed by atoms with Crippen LogP contribution >= 0.6 is 0 Å². The summed E-state index contributed by atoms with van der Waals surface area (Å²) in [7, 11) is -2.55. The van der Waals surface area contributed by atoms with Crippen LogP contribution in [0, 0.1) is 23.3 Å². The third kappa shape index (κ3) is 26.6. The van der Waals surface area contributed by atoms with E-state index in [1.807, 2.05) is 81.4 Å². The maximum atomic E-state index is 14.9. The summed E-state index contributed by atoms with van der Waals surface area (Å²) in [5.41, 5.74) is 10.1. The molecular weight excluding hydrogens is 1180 g/mol. The van der Waals surface area contributed by atoms with Gasteiger partial charge in [-0.2, -0.15) is 0 Å². The first-order valence-electron chi connectivity index (χ1n) is 32.0. The van der Waals surface area contributed by atoms with Crippen LogP contribution < -0.4 is 31.5 Å². The Morgan fingerprint density at radius 3 is 1.41 bits per heavy atom. The van der Waals surface area contributed by atoms with Crippen molar-refractivity contribution < 1.29 is 62.0 Å². The number of carbonyl (C=O) groups is 7. The first-order valence-corrected chi connectivity index (χ1v) is 34.0. The molecule has 0 spiro atoms. The lowest BCUT2D eigenvalue weighted by molar-refractivity contribution is -0.159. The predicted molar refractivity (Wildman–Crippen MR) is 362 cm³/mol. The highest BCUT2D eigenvalue weighted by Gasteiger charge is 2.47. The van der Waals surface area contributed by atoms with Gasteiger partial charge >= 0.3 is 11.9 Å². The van der Waals surface area contributed by atoms with Gasteiger partial charge in [-0.05, 0) is 132 Å². The largest absolute Gasteiger partial charge is 0.488 e. The molecule has 17 heteroatoms. The quantitative estimate of drug-likeness (QED) is 0.0149. The van der Waals surface area contributed by atoms with E-state index < -0.39 is 109 Å². The maximum absolute atomic E-state index is 14.9. The molecule has 0 saturated carbocycles. The van der Waals surface area contributed by atoms with Crippen molar-refractivity contribution in [2.75, 3.05) is 39.6 Å². The molecule has 0 unspecified atom stereocenters. The number of ketones is 3. The number of nitrogens with two attached hydrogens (primary N) is 1. The minimum atomic E-state index is -2.55. The van der Waals surface area contributed by atoms with E-state index in [0.29, 0.717) is 24.5 Å². The summed E-state index contributed by atoms with van der Waals surface area (Å²) in [6.07, 6.45) is -1.48. The molecule has 0 aromatic heterocycles.